The Kier molecular flexibility index (Phi) is 2.76. The smallest absolute Gasteiger partial charge is 0.142 e. The van der Waals surface area contributed by atoms with Crippen molar-refractivity contribution < 1.29 is 4.74 Å². The lowest BCUT2D eigenvalue weighted by atomic mass is 10.2. The maximum Gasteiger partial charge on any atom is 0.142 e. The van der Waals surface area contributed by atoms with Crippen LogP contribution in [0.5, 0.6) is 5.75 Å². The van der Waals surface area contributed by atoms with E-state index in [0.29, 0.717) is 5.56 Å². The third-order valence-corrected chi connectivity index (χ3v) is 1.79. The van der Waals surface area contributed by atoms with E-state index in [1.807, 2.05) is 19.0 Å². The van der Waals surface area contributed by atoms with E-state index in [9.17, 15) is 0 Å². The number of anilines is 1. The van der Waals surface area contributed by atoms with Crippen molar-refractivity contribution >= 4 is 5.69 Å². The Bertz CT molecular complexity index is 339. The largest absolute Gasteiger partial charge is 0.495 e. The summed E-state index contributed by atoms with van der Waals surface area (Å²) in [6.07, 6.45) is 0. The molecular formula is C10H12N2O. The summed E-state index contributed by atoms with van der Waals surface area (Å²) in [6, 6.07) is 7.44. The summed E-state index contributed by atoms with van der Waals surface area (Å²) in [7, 11) is 5.45. The summed E-state index contributed by atoms with van der Waals surface area (Å²) in [5.41, 5.74) is 1.56. The Morgan fingerprint density at radius 3 is 2.54 bits per heavy atom. The number of rotatable bonds is 2. The van der Waals surface area contributed by atoms with E-state index in [-0.39, 0.29) is 0 Å². The molecule has 13 heavy (non-hydrogen) atoms. The molecule has 0 aliphatic carbocycles. The SMILES string of the molecule is COc1ccc(C#N)cc1N(C)C. The average Bonchev–Trinajstić information content (AvgIpc) is 2.16. The minimum atomic E-state index is 0.643. The Morgan fingerprint density at radius 1 is 1.38 bits per heavy atom. The first-order chi connectivity index (χ1) is 6.19. The Hall–Kier alpha value is -1.69. The molecule has 0 amide bonds. The van der Waals surface area contributed by atoms with Crippen LogP contribution in [0.25, 0.3) is 0 Å². The number of hydrogen-bond acceptors (Lipinski definition) is 3. The summed E-state index contributed by atoms with van der Waals surface area (Å²) in [5, 5.41) is 8.70. The second-order valence-corrected chi connectivity index (χ2v) is 2.89. The van der Waals surface area contributed by atoms with E-state index < -0.39 is 0 Å². The van der Waals surface area contributed by atoms with Gasteiger partial charge in [0.1, 0.15) is 5.75 Å². The van der Waals surface area contributed by atoms with Crippen LogP contribution < -0.4 is 9.64 Å². The molecule has 0 bridgehead atoms. The van der Waals surface area contributed by atoms with Gasteiger partial charge in [-0.15, -0.1) is 0 Å². The van der Waals surface area contributed by atoms with Gasteiger partial charge in [0, 0.05) is 14.1 Å². The summed E-state index contributed by atoms with van der Waals surface area (Å²) in [5.74, 6) is 0.781. The fourth-order valence-electron chi connectivity index (χ4n) is 1.11. The van der Waals surface area contributed by atoms with Crippen molar-refractivity contribution in [3.05, 3.63) is 23.8 Å². The molecule has 0 aliphatic heterocycles. The molecule has 0 aliphatic rings. The van der Waals surface area contributed by atoms with Gasteiger partial charge in [0.2, 0.25) is 0 Å². The molecule has 0 radical (unpaired) electrons. The van der Waals surface area contributed by atoms with Crippen LogP contribution in [-0.2, 0) is 0 Å². The first-order valence-electron chi connectivity index (χ1n) is 3.94. The lowest BCUT2D eigenvalue weighted by molar-refractivity contribution is 0.415. The van der Waals surface area contributed by atoms with Crippen molar-refractivity contribution in [1.29, 1.82) is 5.26 Å². The maximum atomic E-state index is 8.70. The normalized spacial score (nSPS) is 9.08. The maximum absolute atomic E-state index is 8.70. The number of nitriles is 1. The van der Waals surface area contributed by atoms with Gasteiger partial charge in [0.25, 0.3) is 0 Å². The number of methoxy groups -OCH3 is 1. The van der Waals surface area contributed by atoms with Gasteiger partial charge in [0.15, 0.2) is 0 Å². The molecule has 1 aromatic rings. The first kappa shape index (κ1) is 9.40. The number of nitrogens with zero attached hydrogens (tertiary/aromatic N) is 2. The van der Waals surface area contributed by atoms with Gasteiger partial charge in [-0.05, 0) is 18.2 Å². The lowest BCUT2D eigenvalue weighted by Gasteiger charge is -2.16. The predicted molar refractivity (Wildman–Crippen MR) is 52.0 cm³/mol. The van der Waals surface area contributed by atoms with E-state index in [1.165, 1.54) is 0 Å². The minimum Gasteiger partial charge on any atom is -0.495 e. The fourth-order valence-corrected chi connectivity index (χ4v) is 1.11. The molecule has 3 heteroatoms. The molecular weight excluding hydrogens is 164 g/mol. The van der Waals surface area contributed by atoms with Gasteiger partial charge in [-0.2, -0.15) is 5.26 Å². The molecule has 0 unspecified atom stereocenters. The van der Waals surface area contributed by atoms with Crippen LogP contribution in [0.15, 0.2) is 18.2 Å². The second kappa shape index (κ2) is 3.81. The quantitative estimate of drug-likeness (QED) is 0.687. The van der Waals surface area contributed by atoms with Crippen LogP contribution in [0.1, 0.15) is 5.56 Å². The molecule has 1 rings (SSSR count). The van der Waals surface area contributed by atoms with Crippen molar-refractivity contribution in [2.45, 2.75) is 0 Å². The average molecular weight is 176 g/mol. The Labute approximate surface area is 78.2 Å². The van der Waals surface area contributed by atoms with Crippen molar-refractivity contribution in [1.82, 2.24) is 0 Å². The van der Waals surface area contributed by atoms with Crippen LogP contribution >= 0.6 is 0 Å². The topological polar surface area (TPSA) is 36.3 Å². The molecule has 68 valence electrons. The van der Waals surface area contributed by atoms with Gasteiger partial charge < -0.3 is 9.64 Å². The zero-order chi connectivity index (χ0) is 9.84. The molecule has 3 nitrogen and oxygen atoms in total. The number of hydrogen-bond donors (Lipinski definition) is 0. The summed E-state index contributed by atoms with van der Waals surface area (Å²) in [4.78, 5) is 1.92. The highest BCUT2D eigenvalue weighted by Crippen LogP contribution is 2.27. The Balaban J connectivity index is 3.20. The van der Waals surface area contributed by atoms with Crippen LogP contribution in [-0.4, -0.2) is 21.2 Å². The number of ether oxygens (including phenoxy) is 1. The molecule has 0 atom stereocenters. The van der Waals surface area contributed by atoms with Crippen LogP contribution in [0.4, 0.5) is 5.69 Å². The molecule has 0 spiro atoms. The molecule has 1 aromatic carbocycles. The van der Waals surface area contributed by atoms with Crippen LogP contribution in [0.3, 0.4) is 0 Å². The minimum absolute atomic E-state index is 0.643. The fraction of sp³-hybridized carbons (Fsp3) is 0.300. The zero-order valence-electron chi connectivity index (χ0n) is 8.03. The molecule has 0 aromatic heterocycles. The third kappa shape index (κ3) is 1.91. The summed E-state index contributed by atoms with van der Waals surface area (Å²) >= 11 is 0. The standard InChI is InChI=1S/C10H12N2O/c1-12(2)9-6-8(7-11)4-5-10(9)13-3/h4-6H,1-3H3. The van der Waals surface area contributed by atoms with E-state index >= 15 is 0 Å². The molecule has 0 N–H and O–H groups in total. The van der Waals surface area contributed by atoms with Crippen molar-refractivity contribution in [2.75, 3.05) is 26.1 Å². The van der Waals surface area contributed by atoms with Gasteiger partial charge in [-0.1, -0.05) is 0 Å². The number of benzene rings is 1. The van der Waals surface area contributed by atoms with Crippen molar-refractivity contribution in [3.63, 3.8) is 0 Å². The van der Waals surface area contributed by atoms with E-state index in [0.717, 1.165) is 11.4 Å². The lowest BCUT2D eigenvalue weighted by Crippen LogP contribution is -2.10. The first-order valence-corrected chi connectivity index (χ1v) is 3.94. The summed E-state index contributed by atoms with van der Waals surface area (Å²) in [6.45, 7) is 0. The second-order valence-electron chi connectivity index (χ2n) is 2.89. The van der Waals surface area contributed by atoms with Crippen LogP contribution in [0, 0.1) is 11.3 Å². The highest BCUT2D eigenvalue weighted by atomic mass is 16.5. The van der Waals surface area contributed by atoms with E-state index in [2.05, 4.69) is 6.07 Å². The Morgan fingerprint density at radius 2 is 2.08 bits per heavy atom. The predicted octanol–water partition coefficient (Wildman–Crippen LogP) is 1.63. The highest BCUT2D eigenvalue weighted by Gasteiger charge is 2.05. The summed E-state index contributed by atoms with van der Waals surface area (Å²) < 4.78 is 5.16. The van der Waals surface area contributed by atoms with Gasteiger partial charge in [-0.3, -0.25) is 0 Å². The highest BCUT2D eigenvalue weighted by molar-refractivity contribution is 5.60. The molecule has 0 saturated heterocycles. The zero-order valence-corrected chi connectivity index (χ0v) is 8.03. The van der Waals surface area contributed by atoms with Crippen LogP contribution in [0.2, 0.25) is 0 Å². The monoisotopic (exact) mass is 176 g/mol. The van der Waals surface area contributed by atoms with Gasteiger partial charge in [0.05, 0.1) is 24.4 Å². The molecule has 0 heterocycles. The van der Waals surface area contributed by atoms with Crippen molar-refractivity contribution in [3.8, 4) is 11.8 Å². The van der Waals surface area contributed by atoms with E-state index in [1.54, 1.807) is 25.3 Å². The third-order valence-electron chi connectivity index (χ3n) is 1.79. The van der Waals surface area contributed by atoms with Gasteiger partial charge >= 0.3 is 0 Å². The molecule has 0 saturated carbocycles. The van der Waals surface area contributed by atoms with E-state index in [4.69, 9.17) is 10.00 Å². The van der Waals surface area contributed by atoms with Gasteiger partial charge in [-0.25, -0.2) is 0 Å². The molecule has 0 fully saturated rings. The van der Waals surface area contributed by atoms with Crippen molar-refractivity contribution in [2.24, 2.45) is 0 Å².